The monoisotopic (exact) mass is 491 g/mol. The van der Waals surface area contributed by atoms with Gasteiger partial charge in [0.15, 0.2) is 11.5 Å². The number of hydrogen-bond donors (Lipinski definition) is 1. The Hall–Kier alpha value is -4.00. The van der Waals surface area contributed by atoms with Crippen LogP contribution in [0.15, 0.2) is 77.8 Å². The molecule has 4 rings (SSSR count). The summed E-state index contributed by atoms with van der Waals surface area (Å²) in [4.78, 5) is 2.10. The molecule has 0 spiro atoms. The van der Waals surface area contributed by atoms with Gasteiger partial charge in [0.25, 0.3) is 0 Å². The fraction of sp³-hybridized carbons (Fsp3) is 0.192. The largest absolute Gasteiger partial charge is 0.493 e. The van der Waals surface area contributed by atoms with Crippen LogP contribution in [-0.4, -0.2) is 29.2 Å². The van der Waals surface area contributed by atoms with Crippen LogP contribution in [0.5, 0.6) is 23.0 Å². The van der Waals surface area contributed by atoms with E-state index in [0.717, 1.165) is 16.9 Å². The van der Waals surface area contributed by atoms with Crippen molar-refractivity contribution in [3.63, 3.8) is 0 Å². The van der Waals surface area contributed by atoms with Crippen molar-refractivity contribution in [2.75, 3.05) is 25.7 Å². The van der Waals surface area contributed by atoms with Gasteiger partial charge in [-0.1, -0.05) is 18.7 Å². The first kappa shape index (κ1) is 24.1. The number of allylic oxidation sites excluding steroid dienone is 1. The molecule has 0 saturated carbocycles. The standard InChI is InChI=1S/C26H25N3O5S/c1-17-13-20(16-29(17)21-9-11-22(12-10-21)35(28,30)31)18-7-8-19(15-27)25(14-18)34-26-23(32-2)5-4-6-24(26)33-3/h4-12,14,20H,1,13,16H2,2-3H3,(H2,28,30,31)/t20-/m0/s1. The molecule has 35 heavy (non-hydrogen) atoms. The van der Waals surface area contributed by atoms with Gasteiger partial charge in [0, 0.05) is 23.8 Å². The molecule has 0 aromatic heterocycles. The van der Waals surface area contributed by atoms with Crippen molar-refractivity contribution in [3.8, 4) is 29.1 Å². The minimum Gasteiger partial charge on any atom is -0.493 e. The topological polar surface area (TPSA) is 115 Å². The summed E-state index contributed by atoms with van der Waals surface area (Å²) < 4.78 is 40.1. The minimum atomic E-state index is -3.76. The summed E-state index contributed by atoms with van der Waals surface area (Å²) >= 11 is 0. The minimum absolute atomic E-state index is 0.0586. The number of primary sulfonamides is 1. The highest BCUT2D eigenvalue weighted by Gasteiger charge is 2.28. The third-order valence-electron chi connectivity index (χ3n) is 5.94. The molecule has 0 aliphatic carbocycles. The number of sulfonamides is 1. The van der Waals surface area contributed by atoms with Crippen molar-refractivity contribution >= 4 is 15.7 Å². The molecule has 0 unspecified atom stereocenters. The van der Waals surface area contributed by atoms with Crippen molar-refractivity contribution in [1.82, 2.24) is 0 Å². The van der Waals surface area contributed by atoms with Crippen LogP contribution in [0.4, 0.5) is 5.69 Å². The first-order valence-electron chi connectivity index (χ1n) is 10.8. The first-order chi connectivity index (χ1) is 16.7. The maximum Gasteiger partial charge on any atom is 0.238 e. The predicted octanol–water partition coefficient (Wildman–Crippen LogP) is 4.52. The zero-order valence-electron chi connectivity index (χ0n) is 19.4. The Bertz CT molecular complexity index is 1390. The lowest BCUT2D eigenvalue weighted by atomic mass is 9.96. The van der Waals surface area contributed by atoms with E-state index in [1.165, 1.54) is 26.4 Å². The lowest BCUT2D eigenvalue weighted by Gasteiger charge is -2.20. The van der Waals surface area contributed by atoms with Crippen LogP contribution < -0.4 is 24.2 Å². The zero-order valence-corrected chi connectivity index (χ0v) is 20.2. The Kier molecular flexibility index (Phi) is 6.69. The highest BCUT2D eigenvalue weighted by molar-refractivity contribution is 7.89. The van der Waals surface area contributed by atoms with E-state index < -0.39 is 10.0 Å². The van der Waals surface area contributed by atoms with Gasteiger partial charge < -0.3 is 19.1 Å². The van der Waals surface area contributed by atoms with Gasteiger partial charge in [-0.3, -0.25) is 0 Å². The van der Waals surface area contributed by atoms with Crippen LogP contribution in [0.3, 0.4) is 0 Å². The number of methoxy groups -OCH3 is 2. The van der Waals surface area contributed by atoms with E-state index in [0.29, 0.717) is 41.5 Å². The number of nitrogens with zero attached hydrogens (tertiary/aromatic N) is 2. The number of nitriles is 1. The van der Waals surface area contributed by atoms with E-state index in [1.807, 2.05) is 17.0 Å². The quantitative estimate of drug-likeness (QED) is 0.517. The molecule has 1 atom stereocenters. The fourth-order valence-electron chi connectivity index (χ4n) is 4.13. The van der Waals surface area contributed by atoms with E-state index in [4.69, 9.17) is 19.3 Å². The molecule has 3 aromatic rings. The van der Waals surface area contributed by atoms with Gasteiger partial charge >= 0.3 is 0 Å². The molecule has 9 heteroatoms. The van der Waals surface area contributed by atoms with E-state index in [-0.39, 0.29) is 10.8 Å². The Morgan fingerprint density at radius 2 is 1.69 bits per heavy atom. The van der Waals surface area contributed by atoms with Gasteiger partial charge in [-0.25, -0.2) is 13.6 Å². The number of benzene rings is 3. The summed E-state index contributed by atoms with van der Waals surface area (Å²) in [5.74, 6) is 1.85. The van der Waals surface area contributed by atoms with Crippen LogP contribution in [0.25, 0.3) is 0 Å². The summed E-state index contributed by atoms with van der Waals surface area (Å²) in [6.45, 7) is 4.83. The number of anilines is 1. The van der Waals surface area contributed by atoms with Crippen LogP contribution in [0, 0.1) is 11.3 Å². The van der Waals surface area contributed by atoms with Crippen LogP contribution in [0.1, 0.15) is 23.5 Å². The predicted molar refractivity (Wildman–Crippen MR) is 132 cm³/mol. The summed E-state index contributed by atoms with van der Waals surface area (Å²) in [5, 5.41) is 14.9. The van der Waals surface area contributed by atoms with Crippen LogP contribution in [-0.2, 0) is 10.0 Å². The van der Waals surface area contributed by atoms with Crippen molar-refractivity contribution < 1.29 is 22.6 Å². The molecule has 180 valence electrons. The third kappa shape index (κ3) is 4.94. The molecule has 1 aliphatic heterocycles. The van der Waals surface area contributed by atoms with E-state index in [1.54, 1.807) is 36.4 Å². The molecule has 8 nitrogen and oxygen atoms in total. The second-order valence-electron chi connectivity index (χ2n) is 8.08. The number of para-hydroxylation sites is 1. The molecular formula is C26H25N3O5S. The average Bonchev–Trinajstić information content (AvgIpc) is 3.25. The zero-order chi connectivity index (χ0) is 25.2. The van der Waals surface area contributed by atoms with Crippen molar-refractivity contribution in [2.45, 2.75) is 17.2 Å². The molecule has 0 radical (unpaired) electrons. The molecule has 1 aliphatic rings. The van der Waals surface area contributed by atoms with Crippen molar-refractivity contribution in [3.05, 3.63) is 84.1 Å². The second kappa shape index (κ2) is 9.70. The van der Waals surface area contributed by atoms with Crippen molar-refractivity contribution in [1.29, 1.82) is 5.26 Å². The Labute approximate surface area is 204 Å². The summed E-state index contributed by atoms with van der Waals surface area (Å²) in [7, 11) is -0.679. The summed E-state index contributed by atoms with van der Waals surface area (Å²) in [6, 6.07) is 19.4. The smallest absolute Gasteiger partial charge is 0.238 e. The normalized spacial score (nSPS) is 15.5. The van der Waals surface area contributed by atoms with Gasteiger partial charge in [0.2, 0.25) is 15.8 Å². The fourth-order valence-corrected chi connectivity index (χ4v) is 4.65. The highest BCUT2D eigenvalue weighted by Crippen LogP contribution is 2.43. The Morgan fingerprint density at radius 1 is 1.03 bits per heavy atom. The van der Waals surface area contributed by atoms with Gasteiger partial charge in [-0.2, -0.15) is 5.26 Å². The molecule has 1 fully saturated rings. The molecule has 0 bridgehead atoms. The number of ether oxygens (including phenoxy) is 3. The SMILES string of the molecule is C=C1C[C@H](c2ccc(C#N)c(Oc3c(OC)cccc3OC)c2)CN1c1ccc(S(N)(=O)=O)cc1. The molecular weight excluding hydrogens is 466 g/mol. The van der Waals surface area contributed by atoms with Gasteiger partial charge in [0.1, 0.15) is 11.8 Å². The highest BCUT2D eigenvalue weighted by atomic mass is 32.2. The molecule has 1 saturated heterocycles. The van der Waals surface area contributed by atoms with Gasteiger partial charge in [-0.15, -0.1) is 0 Å². The second-order valence-corrected chi connectivity index (χ2v) is 9.64. The van der Waals surface area contributed by atoms with Crippen LogP contribution in [0.2, 0.25) is 0 Å². The molecule has 2 N–H and O–H groups in total. The molecule has 1 heterocycles. The first-order valence-corrected chi connectivity index (χ1v) is 12.3. The van der Waals surface area contributed by atoms with Crippen molar-refractivity contribution in [2.24, 2.45) is 5.14 Å². The summed E-state index contributed by atoms with van der Waals surface area (Å²) in [6.07, 6.45) is 0.695. The number of rotatable bonds is 7. The molecule has 3 aromatic carbocycles. The lowest BCUT2D eigenvalue weighted by Crippen LogP contribution is -2.18. The van der Waals surface area contributed by atoms with E-state index in [9.17, 15) is 13.7 Å². The maximum atomic E-state index is 11.6. The van der Waals surface area contributed by atoms with E-state index >= 15 is 0 Å². The van der Waals surface area contributed by atoms with E-state index in [2.05, 4.69) is 12.6 Å². The third-order valence-corrected chi connectivity index (χ3v) is 6.87. The Balaban J connectivity index is 1.62. The van der Waals surface area contributed by atoms with Gasteiger partial charge in [-0.05, 0) is 60.5 Å². The number of hydrogen-bond acceptors (Lipinski definition) is 7. The van der Waals surface area contributed by atoms with Crippen LogP contribution >= 0.6 is 0 Å². The number of nitrogens with two attached hydrogens (primary N) is 1. The summed E-state index contributed by atoms with van der Waals surface area (Å²) in [5.41, 5.74) is 3.09. The Morgan fingerprint density at radius 3 is 2.26 bits per heavy atom. The van der Waals surface area contributed by atoms with Gasteiger partial charge in [0.05, 0.1) is 24.7 Å². The average molecular weight is 492 g/mol. The molecule has 0 amide bonds. The maximum absolute atomic E-state index is 11.6. The lowest BCUT2D eigenvalue weighted by molar-refractivity contribution is 0.346.